The van der Waals surface area contributed by atoms with Crippen molar-refractivity contribution in [1.82, 2.24) is 19.5 Å². The number of nitrogens with zero attached hydrogens (tertiary/aromatic N) is 4. The minimum Gasteiger partial charge on any atom is -0.477 e. The highest BCUT2D eigenvalue weighted by Crippen LogP contribution is 2.47. The average Bonchev–Trinajstić information content (AvgIpc) is 3.52. The van der Waals surface area contributed by atoms with Crippen molar-refractivity contribution in [3.05, 3.63) is 101 Å². The van der Waals surface area contributed by atoms with E-state index in [1.807, 2.05) is 35.2 Å². The van der Waals surface area contributed by atoms with Gasteiger partial charge < -0.3 is 15.3 Å². The third-order valence-electron chi connectivity index (χ3n) is 7.77. The maximum Gasteiger partial charge on any atom is 0.341 e. The number of rotatable bonds is 5. The molecule has 2 aromatic carbocycles. The van der Waals surface area contributed by atoms with Crippen molar-refractivity contribution in [2.24, 2.45) is 5.92 Å². The summed E-state index contributed by atoms with van der Waals surface area (Å²) >= 11 is 0. The van der Waals surface area contributed by atoms with Crippen LogP contribution in [0, 0.1) is 5.92 Å². The molecule has 186 valence electrons. The Bertz CT molecular complexity index is 1540. The Kier molecular flexibility index (Phi) is 5.52. The highest BCUT2D eigenvalue weighted by Gasteiger charge is 2.44. The molecule has 0 radical (unpaired) electrons. The Labute approximate surface area is 214 Å². The predicted octanol–water partition coefficient (Wildman–Crippen LogP) is 4.49. The van der Waals surface area contributed by atoms with Crippen LogP contribution in [0.1, 0.15) is 50.8 Å². The molecular formula is C29H27N5O3. The van der Waals surface area contributed by atoms with Crippen LogP contribution in [0.4, 0.5) is 5.82 Å². The molecule has 2 aliphatic rings. The van der Waals surface area contributed by atoms with Crippen LogP contribution in [0.5, 0.6) is 0 Å². The lowest BCUT2D eigenvalue weighted by molar-refractivity contribution is 0.0611. The van der Waals surface area contributed by atoms with Crippen LogP contribution >= 0.6 is 0 Å². The average molecular weight is 494 g/mol. The molecule has 4 aromatic rings. The molecule has 1 fully saturated rings. The molecule has 1 amide bonds. The van der Waals surface area contributed by atoms with Crippen molar-refractivity contribution in [3.63, 3.8) is 0 Å². The highest BCUT2D eigenvalue weighted by molar-refractivity contribution is 6.00. The number of anilines is 1. The number of allylic oxidation sites excluding steroid dienone is 1. The molecule has 8 heteroatoms. The van der Waals surface area contributed by atoms with Crippen LogP contribution < -0.4 is 5.32 Å². The van der Waals surface area contributed by atoms with Gasteiger partial charge in [0.25, 0.3) is 5.91 Å². The van der Waals surface area contributed by atoms with Gasteiger partial charge >= 0.3 is 5.97 Å². The first-order chi connectivity index (χ1) is 18.0. The lowest BCUT2D eigenvalue weighted by atomic mass is 9.68. The van der Waals surface area contributed by atoms with Gasteiger partial charge in [0.2, 0.25) is 0 Å². The lowest BCUT2D eigenvalue weighted by Crippen LogP contribution is -2.49. The molecule has 0 saturated carbocycles. The molecule has 1 aliphatic heterocycles. The zero-order valence-corrected chi connectivity index (χ0v) is 20.5. The Morgan fingerprint density at radius 1 is 1.08 bits per heavy atom. The van der Waals surface area contributed by atoms with E-state index < -0.39 is 5.97 Å². The van der Waals surface area contributed by atoms with Crippen LogP contribution in [0.3, 0.4) is 0 Å². The van der Waals surface area contributed by atoms with E-state index in [0.717, 1.165) is 12.0 Å². The van der Waals surface area contributed by atoms with Crippen LogP contribution in [0.15, 0.2) is 73.1 Å². The maximum absolute atomic E-state index is 13.9. The second kappa shape index (κ2) is 8.89. The molecule has 2 N–H and O–H groups in total. The monoisotopic (exact) mass is 493 g/mol. The van der Waals surface area contributed by atoms with E-state index in [4.69, 9.17) is 0 Å². The van der Waals surface area contributed by atoms with E-state index in [2.05, 4.69) is 58.7 Å². The molecule has 2 atom stereocenters. The van der Waals surface area contributed by atoms with Crippen molar-refractivity contribution >= 4 is 29.4 Å². The maximum atomic E-state index is 13.9. The summed E-state index contributed by atoms with van der Waals surface area (Å²) in [6.07, 6.45) is 8.08. The molecule has 8 nitrogen and oxygen atoms in total. The fourth-order valence-electron chi connectivity index (χ4n) is 5.74. The quantitative estimate of drug-likeness (QED) is 0.425. The second-order valence-corrected chi connectivity index (χ2v) is 9.82. The fourth-order valence-corrected chi connectivity index (χ4v) is 5.74. The first kappa shape index (κ1) is 23.0. The minimum absolute atomic E-state index is 0.0121. The number of nitrogens with one attached hydrogen (secondary N) is 1. The van der Waals surface area contributed by atoms with Gasteiger partial charge in [0.15, 0.2) is 5.65 Å². The Morgan fingerprint density at radius 2 is 1.86 bits per heavy atom. The number of carboxylic acid groups (broad SMARTS) is 1. The number of aromatic carboxylic acids is 1. The lowest BCUT2D eigenvalue weighted by Gasteiger charge is -2.44. The summed E-state index contributed by atoms with van der Waals surface area (Å²) in [6.45, 7) is 3.86. The van der Waals surface area contributed by atoms with Crippen molar-refractivity contribution in [1.29, 1.82) is 0 Å². The van der Waals surface area contributed by atoms with Crippen LogP contribution in [-0.4, -0.2) is 49.6 Å². The molecular weight excluding hydrogens is 466 g/mol. The number of amides is 1. The zero-order valence-electron chi connectivity index (χ0n) is 20.5. The van der Waals surface area contributed by atoms with Gasteiger partial charge in [-0.3, -0.25) is 4.79 Å². The number of piperidine rings is 1. The summed E-state index contributed by atoms with van der Waals surface area (Å²) in [7, 11) is 0. The topological polar surface area (TPSA) is 99.8 Å². The van der Waals surface area contributed by atoms with E-state index in [1.54, 1.807) is 0 Å². The summed E-state index contributed by atoms with van der Waals surface area (Å²) < 4.78 is 1.42. The van der Waals surface area contributed by atoms with Gasteiger partial charge in [-0.1, -0.05) is 73.7 Å². The molecule has 1 spiro atoms. The molecule has 2 aromatic heterocycles. The smallest absolute Gasteiger partial charge is 0.341 e. The summed E-state index contributed by atoms with van der Waals surface area (Å²) in [6, 6.07) is 18.3. The minimum atomic E-state index is -1.12. The molecule has 6 rings (SSSR count). The summed E-state index contributed by atoms with van der Waals surface area (Å²) in [4.78, 5) is 31.8. The van der Waals surface area contributed by atoms with Gasteiger partial charge in [-0.15, -0.1) is 0 Å². The van der Waals surface area contributed by atoms with Gasteiger partial charge in [-0.25, -0.2) is 9.78 Å². The Hall–Kier alpha value is -4.46. The van der Waals surface area contributed by atoms with Crippen molar-refractivity contribution < 1.29 is 14.7 Å². The highest BCUT2D eigenvalue weighted by atomic mass is 16.4. The van der Waals surface area contributed by atoms with Gasteiger partial charge in [0.05, 0.1) is 6.20 Å². The van der Waals surface area contributed by atoms with E-state index >= 15 is 0 Å². The number of fused-ring (bicyclic) bond motifs is 3. The third-order valence-corrected chi connectivity index (χ3v) is 7.77. The number of hydrogen-bond acceptors (Lipinski definition) is 5. The van der Waals surface area contributed by atoms with Crippen molar-refractivity contribution in [2.45, 2.75) is 25.3 Å². The van der Waals surface area contributed by atoms with Gasteiger partial charge in [0.1, 0.15) is 16.9 Å². The Morgan fingerprint density at radius 3 is 2.65 bits per heavy atom. The molecule has 1 aliphatic carbocycles. The van der Waals surface area contributed by atoms with E-state index in [9.17, 15) is 14.7 Å². The molecule has 3 heterocycles. The van der Waals surface area contributed by atoms with Gasteiger partial charge in [-0.2, -0.15) is 9.61 Å². The SMILES string of the molecule is CC1CN(C(=O)c2cnc3c(C(=O)O)cnn3c2NCc2ccccc2)CCC12C=Cc1ccccc12. The number of hydrogen-bond donors (Lipinski definition) is 2. The van der Waals surface area contributed by atoms with E-state index in [-0.39, 0.29) is 28.5 Å². The van der Waals surface area contributed by atoms with Gasteiger partial charge in [-0.05, 0) is 29.0 Å². The largest absolute Gasteiger partial charge is 0.477 e. The molecule has 2 unspecified atom stereocenters. The number of carbonyl (C=O) groups excluding carboxylic acids is 1. The van der Waals surface area contributed by atoms with E-state index in [1.165, 1.54) is 28.0 Å². The summed E-state index contributed by atoms with van der Waals surface area (Å²) in [5.74, 6) is -0.596. The fraction of sp³-hybridized carbons (Fsp3) is 0.241. The zero-order chi connectivity index (χ0) is 25.6. The third kappa shape index (κ3) is 3.76. The molecule has 0 bridgehead atoms. The molecule has 1 saturated heterocycles. The first-order valence-corrected chi connectivity index (χ1v) is 12.4. The van der Waals surface area contributed by atoms with Crippen LogP contribution in [0.2, 0.25) is 0 Å². The number of aromatic nitrogens is 3. The van der Waals surface area contributed by atoms with Crippen molar-refractivity contribution in [3.8, 4) is 0 Å². The Balaban J connectivity index is 1.32. The molecule has 37 heavy (non-hydrogen) atoms. The standard InChI is InChI=1S/C29H27N5O3/c1-19-18-33(14-13-29(19)12-11-21-9-5-6-10-24(21)29)27(35)22-16-31-26-23(28(36)37)17-32-34(26)25(22)30-15-20-7-3-2-4-8-20/h2-12,16-17,19,30H,13-15,18H2,1H3,(H,36,37). The normalized spacial score (nSPS) is 20.4. The number of benzene rings is 2. The summed E-state index contributed by atoms with van der Waals surface area (Å²) in [5.41, 5.74) is 4.10. The van der Waals surface area contributed by atoms with E-state index in [0.29, 0.717) is 31.0 Å². The first-order valence-electron chi connectivity index (χ1n) is 12.4. The van der Waals surface area contributed by atoms with Crippen molar-refractivity contribution in [2.75, 3.05) is 18.4 Å². The number of carboxylic acids is 1. The number of carbonyl (C=O) groups is 2. The second-order valence-electron chi connectivity index (χ2n) is 9.82. The number of likely N-dealkylation sites (tertiary alicyclic amines) is 1. The van der Waals surface area contributed by atoms with Gasteiger partial charge in [0, 0.05) is 31.2 Å². The van der Waals surface area contributed by atoms with Crippen LogP contribution in [0.25, 0.3) is 11.7 Å². The van der Waals surface area contributed by atoms with Crippen LogP contribution in [-0.2, 0) is 12.0 Å². The predicted molar refractivity (Wildman–Crippen MR) is 141 cm³/mol. The summed E-state index contributed by atoms with van der Waals surface area (Å²) in [5, 5.41) is 17.2.